The van der Waals surface area contributed by atoms with Crippen molar-refractivity contribution in [2.45, 2.75) is 12.7 Å². The molecule has 0 radical (unpaired) electrons. The predicted molar refractivity (Wildman–Crippen MR) is 116 cm³/mol. The van der Waals surface area contributed by atoms with Gasteiger partial charge in [-0.25, -0.2) is 4.79 Å². The molecular weight excluding hydrogens is 443 g/mol. The molecule has 1 aromatic heterocycles. The molecule has 1 aliphatic rings. The molecule has 5 rings (SSSR count). The van der Waals surface area contributed by atoms with Gasteiger partial charge >= 0.3 is 11.8 Å². The highest BCUT2D eigenvalue weighted by atomic mass is 35.5. The lowest BCUT2D eigenvalue weighted by Gasteiger charge is -2.32. The molecule has 0 bridgehead atoms. The molecular formula is C24H15ClF3NO3. The first-order valence-electron chi connectivity index (χ1n) is 9.71. The van der Waals surface area contributed by atoms with E-state index >= 15 is 0 Å². The molecule has 4 nitrogen and oxygen atoms in total. The summed E-state index contributed by atoms with van der Waals surface area (Å²) in [5, 5.41) is 0.867. The van der Waals surface area contributed by atoms with Crippen LogP contribution in [0.4, 0.5) is 18.9 Å². The third kappa shape index (κ3) is 3.58. The summed E-state index contributed by atoms with van der Waals surface area (Å²) in [5.74, 6) is 0.505. The van der Waals surface area contributed by atoms with Gasteiger partial charge in [0, 0.05) is 11.5 Å². The Hall–Kier alpha value is -3.45. The van der Waals surface area contributed by atoms with Crippen molar-refractivity contribution in [3.05, 3.63) is 93.3 Å². The van der Waals surface area contributed by atoms with Crippen molar-refractivity contribution in [3.63, 3.8) is 0 Å². The molecule has 0 atom stereocenters. The summed E-state index contributed by atoms with van der Waals surface area (Å²) in [7, 11) is 0. The summed E-state index contributed by atoms with van der Waals surface area (Å²) < 4.78 is 51.0. The third-order valence-corrected chi connectivity index (χ3v) is 5.72. The van der Waals surface area contributed by atoms with E-state index < -0.39 is 17.4 Å². The molecule has 0 saturated heterocycles. The second kappa shape index (κ2) is 7.60. The summed E-state index contributed by atoms with van der Waals surface area (Å²) in [6.45, 7) is 0.164. The summed E-state index contributed by atoms with van der Waals surface area (Å²) in [6, 6.07) is 17.5. The lowest BCUT2D eigenvalue weighted by atomic mass is 9.99. The van der Waals surface area contributed by atoms with Crippen LogP contribution in [0.1, 0.15) is 11.1 Å². The van der Waals surface area contributed by atoms with Crippen LogP contribution in [-0.4, -0.2) is 6.73 Å². The van der Waals surface area contributed by atoms with Gasteiger partial charge in [-0.05, 0) is 41.5 Å². The Kier molecular flexibility index (Phi) is 4.86. The van der Waals surface area contributed by atoms with Crippen LogP contribution in [0.15, 0.2) is 75.9 Å². The Bertz CT molecular complexity index is 1380. The van der Waals surface area contributed by atoms with Crippen molar-refractivity contribution in [3.8, 4) is 16.9 Å². The van der Waals surface area contributed by atoms with E-state index in [1.165, 1.54) is 12.1 Å². The summed E-state index contributed by atoms with van der Waals surface area (Å²) in [6.07, 6.45) is -4.50. The number of hydrogen-bond donors (Lipinski definition) is 0. The second-order valence-electron chi connectivity index (χ2n) is 7.40. The van der Waals surface area contributed by atoms with Crippen LogP contribution < -0.4 is 15.3 Å². The van der Waals surface area contributed by atoms with Gasteiger partial charge in [0.15, 0.2) is 6.73 Å². The van der Waals surface area contributed by atoms with E-state index in [4.69, 9.17) is 20.8 Å². The fourth-order valence-corrected chi connectivity index (χ4v) is 4.11. The average Bonchev–Trinajstić information content (AvgIpc) is 2.78. The SMILES string of the molecule is O=c1cc(-c2ccccc2)c2ccc3c(c2o1)CN(c1cc(C(F)(F)F)ccc1Cl)CO3. The zero-order valence-corrected chi connectivity index (χ0v) is 17.2. The number of hydrogen-bond acceptors (Lipinski definition) is 4. The fraction of sp³-hybridized carbons (Fsp3) is 0.125. The number of rotatable bonds is 2. The maximum Gasteiger partial charge on any atom is 0.416 e. The van der Waals surface area contributed by atoms with E-state index in [0.29, 0.717) is 27.8 Å². The molecule has 1 aliphatic heterocycles. The molecule has 0 fully saturated rings. The summed E-state index contributed by atoms with van der Waals surface area (Å²) in [5.41, 5.74) is 1.30. The first-order chi connectivity index (χ1) is 15.3. The minimum atomic E-state index is -4.50. The predicted octanol–water partition coefficient (Wildman–Crippen LogP) is 6.49. The Morgan fingerprint density at radius 2 is 1.75 bits per heavy atom. The highest BCUT2D eigenvalue weighted by Gasteiger charge is 2.32. The summed E-state index contributed by atoms with van der Waals surface area (Å²) in [4.78, 5) is 13.9. The number of alkyl halides is 3. The zero-order chi connectivity index (χ0) is 22.5. The van der Waals surface area contributed by atoms with Crippen LogP contribution >= 0.6 is 11.6 Å². The molecule has 4 aromatic rings. The van der Waals surface area contributed by atoms with Crippen molar-refractivity contribution in [2.24, 2.45) is 0 Å². The number of fused-ring (bicyclic) bond motifs is 3. The monoisotopic (exact) mass is 457 g/mol. The van der Waals surface area contributed by atoms with Gasteiger partial charge in [-0.2, -0.15) is 13.2 Å². The molecule has 0 aliphatic carbocycles. The average molecular weight is 458 g/mol. The van der Waals surface area contributed by atoms with Gasteiger partial charge in [0.1, 0.15) is 11.3 Å². The van der Waals surface area contributed by atoms with Crippen LogP contribution in [-0.2, 0) is 12.7 Å². The van der Waals surface area contributed by atoms with Crippen molar-refractivity contribution >= 4 is 28.3 Å². The van der Waals surface area contributed by atoms with Gasteiger partial charge in [-0.3, -0.25) is 0 Å². The first-order valence-corrected chi connectivity index (χ1v) is 10.1. The van der Waals surface area contributed by atoms with Crippen LogP contribution in [0.3, 0.4) is 0 Å². The van der Waals surface area contributed by atoms with Gasteiger partial charge in [0.2, 0.25) is 0 Å². The molecule has 0 saturated carbocycles. The minimum Gasteiger partial charge on any atom is -0.473 e. The van der Waals surface area contributed by atoms with E-state index in [-0.39, 0.29) is 24.0 Å². The Balaban J connectivity index is 1.64. The lowest BCUT2D eigenvalue weighted by Crippen LogP contribution is -2.32. The number of halogens is 4. The standard InChI is InChI=1S/C24H15ClF3NO3/c25-19-8-6-15(24(26,27)28)10-20(19)29-12-18-21(31-13-29)9-7-16-17(11-22(30)32-23(16)18)14-4-2-1-3-5-14/h1-11H,12-13H2. The second-order valence-corrected chi connectivity index (χ2v) is 7.81. The van der Waals surface area contributed by atoms with Crippen molar-refractivity contribution in [1.29, 1.82) is 0 Å². The van der Waals surface area contributed by atoms with E-state index in [9.17, 15) is 18.0 Å². The van der Waals surface area contributed by atoms with Crippen molar-refractivity contribution in [1.82, 2.24) is 0 Å². The summed E-state index contributed by atoms with van der Waals surface area (Å²) >= 11 is 6.22. The van der Waals surface area contributed by atoms with Gasteiger partial charge in [0.05, 0.1) is 28.4 Å². The molecule has 0 N–H and O–H groups in total. The smallest absolute Gasteiger partial charge is 0.416 e. The number of ether oxygens (including phenoxy) is 1. The highest BCUT2D eigenvalue weighted by Crippen LogP contribution is 2.40. The van der Waals surface area contributed by atoms with E-state index in [1.54, 1.807) is 11.0 Å². The van der Waals surface area contributed by atoms with Gasteiger partial charge in [0.25, 0.3) is 0 Å². The zero-order valence-electron chi connectivity index (χ0n) is 16.4. The number of nitrogens with zero attached hydrogens (tertiary/aromatic N) is 1. The van der Waals surface area contributed by atoms with Gasteiger partial charge < -0.3 is 14.1 Å². The molecule has 32 heavy (non-hydrogen) atoms. The van der Waals surface area contributed by atoms with Crippen LogP contribution in [0.25, 0.3) is 22.1 Å². The van der Waals surface area contributed by atoms with Gasteiger partial charge in [-0.1, -0.05) is 41.9 Å². The van der Waals surface area contributed by atoms with Crippen molar-refractivity contribution < 1.29 is 22.3 Å². The molecule has 8 heteroatoms. The normalized spacial score (nSPS) is 13.7. The van der Waals surface area contributed by atoms with E-state index in [1.807, 2.05) is 36.4 Å². The Labute approximate surface area is 185 Å². The van der Waals surface area contributed by atoms with Crippen LogP contribution in [0.2, 0.25) is 5.02 Å². The fourth-order valence-electron chi connectivity index (χ4n) is 3.88. The number of anilines is 1. The molecule has 3 aromatic carbocycles. The molecule has 2 heterocycles. The maximum absolute atomic E-state index is 13.2. The van der Waals surface area contributed by atoms with Crippen molar-refractivity contribution in [2.75, 3.05) is 11.6 Å². The van der Waals surface area contributed by atoms with E-state index in [0.717, 1.165) is 17.7 Å². The van der Waals surface area contributed by atoms with E-state index in [2.05, 4.69) is 0 Å². The van der Waals surface area contributed by atoms with Crippen LogP contribution in [0, 0.1) is 0 Å². The lowest BCUT2D eigenvalue weighted by molar-refractivity contribution is -0.137. The number of benzene rings is 3. The van der Waals surface area contributed by atoms with Crippen LogP contribution in [0.5, 0.6) is 5.75 Å². The maximum atomic E-state index is 13.2. The Morgan fingerprint density at radius 1 is 0.969 bits per heavy atom. The topological polar surface area (TPSA) is 42.7 Å². The third-order valence-electron chi connectivity index (χ3n) is 5.40. The molecule has 0 unspecified atom stereocenters. The quantitative estimate of drug-likeness (QED) is 0.323. The Morgan fingerprint density at radius 3 is 2.50 bits per heavy atom. The highest BCUT2D eigenvalue weighted by molar-refractivity contribution is 6.33. The molecule has 162 valence electrons. The minimum absolute atomic E-state index is 0.00213. The molecule has 0 spiro atoms. The van der Waals surface area contributed by atoms with Gasteiger partial charge in [-0.15, -0.1) is 0 Å². The largest absolute Gasteiger partial charge is 0.473 e. The molecule has 0 amide bonds. The first kappa shape index (κ1) is 20.5.